The number of rotatable bonds is 9. The lowest BCUT2D eigenvalue weighted by atomic mass is 10.1. The normalized spacial score (nSPS) is 16.6. The van der Waals surface area contributed by atoms with Gasteiger partial charge in [0, 0.05) is 23.1 Å². The van der Waals surface area contributed by atoms with Crippen LogP contribution in [0.5, 0.6) is 11.5 Å². The van der Waals surface area contributed by atoms with Crippen molar-refractivity contribution >= 4 is 38.7 Å². The maximum Gasteiger partial charge on any atom is 0.265 e. The Bertz CT molecular complexity index is 1150. The number of sulfone groups is 1. The summed E-state index contributed by atoms with van der Waals surface area (Å²) in [4.78, 5) is 27.6. The van der Waals surface area contributed by atoms with Crippen LogP contribution in [0, 0.1) is 5.92 Å². The molecule has 10 heteroatoms. The van der Waals surface area contributed by atoms with Gasteiger partial charge in [0.15, 0.2) is 11.5 Å². The van der Waals surface area contributed by atoms with Crippen LogP contribution in [0.2, 0.25) is 0 Å². The van der Waals surface area contributed by atoms with Crippen molar-refractivity contribution in [3.63, 3.8) is 0 Å². The van der Waals surface area contributed by atoms with Crippen LogP contribution in [0.1, 0.15) is 46.6 Å². The van der Waals surface area contributed by atoms with Crippen LogP contribution in [0.25, 0.3) is 0 Å². The molecular formula is C22H26N2O6S2. The zero-order valence-corrected chi connectivity index (χ0v) is 19.8. The van der Waals surface area contributed by atoms with Crippen LogP contribution in [0.3, 0.4) is 0 Å². The number of carbonyl (C=O) groups excluding carboxylic acids is 2. The number of nitrogens with zero attached hydrogens (tertiary/aromatic N) is 1. The monoisotopic (exact) mass is 478 g/mol. The molecule has 2 heterocycles. The highest BCUT2D eigenvalue weighted by Crippen LogP contribution is 2.41. The fourth-order valence-electron chi connectivity index (χ4n) is 3.85. The minimum Gasteiger partial charge on any atom is -0.493 e. The molecule has 2 amide bonds. The van der Waals surface area contributed by atoms with Gasteiger partial charge < -0.3 is 19.7 Å². The van der Waals surface area contributed by atoms with E-state index in [4.69, 9.17) is 9.47 Å². The van der Waals surface area contributed by atoms with Crippen LogP contribution in [-0.2, 0) is 21.2 Å². The topological polar surface area (TPSA) is 102 Å². The molecule has 1 aliphatic carbocycles. The van der Waals surface area contributed by atoms with E-state index in [1.165, 1.54) is 18.4 Å². The third-order valence-corrected chi connectivity index (χ3v) is 7.52. The molecule has 1 fully saturated rings. The van der Waals surface area contributed by atoms with Crippen molar-refractivity contribution in [1.82, 2.24) is 4.90 Å². The van der Waals surface area contributed by atoms with Crippen molar-refractivity contribution in [1.29, 1.82) is 0 Å². The molecule has 32 heavy (non-hydrogen) atoms. The summed E-state index contributed by atoms with van der Waals surface area (Å²) in [5, 5.41) is 4.72. The number of nitrogens with one attached hydrogen (secondary N) is 1. The average molecular weight is 479 g/mol. The second-order valence-electron chi connectivity index (χ2n) is 8.11. The standard InChI is InChI=1S/C22H26N2O6S2/c1-4-30-19-9-14(7-8-18(19)29-2)17(12-32(3,27)28)24-10-15-16(11-31-20(15)22(24)26)23-21(25)13-5-6-13/h7-9,11,13,17H,4-6,10,12H2,1-3H3,(H,23,25). The third-order valence-electron chi connectivity index (χ3n) is 5.59. The Labute approximate surface area is 191 Å². The molecule has 2 aliphatic rings. The molecule has 1 atom stereocenters. The fraction of sp³-hybridized carbons (Fsp3) is 0.455. The molecule has 1 unspecified atom stereocenters. The summed E-state index contributed by atoms with van der Waals surface area (Å²) in [7, 11) is -1.88. The highest BCUT2D eigenvalue weighted by atomic mass is 32.2. The number of benzene rings is 1. The van der Waals surface area contributed by atoms with Gasteiger partial charge in [0.25, 0.3) is 5.91 Å². The van der Waals surface area contributed by atoms with Gasteiger partial charge in [-0.1, -0.05) is 6.07 Å². The van der Waals surface area contributed by atoms with Crippen molar-refractivity contribution in [3.8, 4) is 11.5 Å². The SMILES string of the molecule is CCOc1cc(C(CS(C)(=O)=O)N2Cc3c(NC(=O)C4CC4)csc3C2=O)ccc1OC. The van der Waals surface area contributed by atoms with Gasteiger partial charge in [-0.15, -0.1) is 11.3 Å². The van der Waals surface area contributed by atoms with Crippen molar-refractivity contribution in [2.24, 2.45) is 5.92 Å². The lowest BCUT2D eigenvalue weighted by Gasteiger charge is -2.28. The molecule has 1 saturated carbocycles. The zero-order chi connectivity index (χ0) is 23.0. The number of anilines is 1. The average Bonchev–Trinajstić information content (AvgIpc) is 3.45. The first kappa shape index (κ1) is 22.6. The number of ether oxygens (including phenoxy) is 2. The number of fused-ring (bicyclic) bond motifs is 1. The van der Waals surface area contributed by atoms with Crippen LogP contribution in [-0.4, -0.2) is 50.9 Å². The molecule has 2 aromatic rings. The van der Waals surface area contributed by atoms with Crippen LogP contribution in [0.15, 0.2) is 23.6 Å². The predicted octanol–water partition coefficient (Wildman–Crippen LogP) is 3.25. The second-order valence-corrected chi connectivity index (χ2v) is 11.2. The molecule has 0 spiro atoms. The molecule has 0 bridgehead atoms. The third kappa shape index (κ3) is 4.61. The molecule has 0 radical (unpaired) electrons. The molecular weight excluding hydrogens is 452 g/mol. The molecule has 0 saturated heterocycles. The molecule has 4 rings (SSSR count). The lowest BCUT2D eigenvalue weighted by Crippen LogP contribution is -2.33. The highest BCUT2D eigenvalue weighted by Gasteiger charge is 2.39. The van der Waals surface area contributed by atoms with E-state index in [1.807, 2.05) is 6.92 Å². The van der Waals surface area contributed by atoms with Gasteiger partial charge in [-0.3, -0.25) is 9.59 Å². The van der Waals surface area contributed by atoms with Gasteiger partial charge in [-0.05, 0) is 37.5 Å². The van der Waals surface area contributed by atoms with Gasteiger partial charge in [0.05, 0.1) is 42.6 Å². The van der Waals surface area contributed by atoms with Gasteiger partial charge in [-0.25, -0.2) is 8.42 Å². The Kier molecular flexibility index (Phi) is 6.17. The lowest BCUT2D eigenvalue weighted by molar-refractivity contribution is -0.117. The van der Waals surface area contributed by atoms with Crippen LogP contribution in [0.4, 0.5) is 5.69 Å². The van der Waals surface area contributed by atoms with Crippen molar-refractivity contribution in [3.05, 3.63) is 39.6 Å². The summed E-state index contributed by atoms with van der Waals surface area (Å²) in [5.41, 5.74) is 2.03. The summed E-state index contributed by atoms with van der Waals surface area (Å²) in [6.45, 7) is 2.49. The van der Waals surface area contributed by atoms with Gasteiger partial charge in [-0.2, -0.15) is 0 Å². The van der Waals surface area contributed by atoms with Gasteiger partial charge in [0.2, 0.25) is 5.91 Å². The van der Waals surface area contributed by atoms with Gasteiger partial charge >= 0.3 is 0 Å². The number of methoxy groups -OCH3 is 1. The van der Waals surface area contributed by atoms with E-state index in [0.717, 1.165) is 24.7 Å². The Morgan fingerprint density at radius 2 is 2.06 bits per heavy atom. The van der Waals surface area contributed by atoms with E-state index in [1.54, 1.807) is 28.5 Å². The number of hydrogen-bond donors (Lipinski definition) is 1. The molecule has 8 nitrogen and oxygen atoms in total. The van der Waals surface area contributed by atoms with E-state index < -0.39 is 15.9 Å². The molecule has 1 aliphatic heterocycles. The van der Waals surface area contributed by atoms with Crippen molar-refractivity contribution in [2.45, 2.75) is 32.4 Å². The number of hydrogen-bond acceptors (Lipinski definition) is 7. The first-order chi connectivity index (χ1) is 15.2. The van der Waals surface area contributed by atoms with E-state index >= 15 is 0 Å². The largest absolute Gasteiger partial charge is 0.493 e. The summed E-state index contributed by atoms with van der Waals surface area (Å²) >= 11 is 1.27. The highest BCUT2D eigenvalue weighted by molar-refractivity contribution is 7.90. The first-order valence-corrected chi connectivity index (χ1v) is 13.4. The summed E-state index contributed by atoms with van der Waals surface area (Å²) in [5.74, 6) is 0.582. The number of thiophene rings is 1. The Balaban J connectivity index is 1.66. The zero-order valence-electron chi connectivity index (χ0n) is 18.2. The van der Waals surface area contributed by atoms with Gasteiger partial charge in [0.1, 0.15) is 9.84 Å². The summed E-state index contributed by atoms with van der Waals surface area (Å²) < 4.78 is 35.5. The summed E-state index contributed by atoms with van der Waals surface area (Å²) in [6.07, 6.45) is 2.93. The van der Waals surface area contributed by atoms with E-state index in [9.17, 15) is 18.0 Å². The van der Waals surface area contributed by atoms with E-state index in [0.29, 0.717) is 34.2 Å². The maximum atomic E-state index is 13.2. The number of amides is 2. The summed E-state index contributed by atoms with van der Waals surface area (Å²) in [6, 6.07) is 4.50. The second kappa shape index (κ2) is 8.74. The molecule has 1 aromatic heterocycles. The fourth-order valence-corrected chi connectivity index (χ4v) is 5.77. The molecule has 1 aromatic carbocycles. The van der Waals surface area contributed by atoms with Crippen molar-refractivity contribution in [2.75, 3.05) is 31.0 Å². The number of carbonyl (C=O) groups is 2. The Hall–Kier alpha value is -2.59. The maximum absolute atomic E-state index is 13.2. The van der Waals surface area contributed by atoms with Crippen LogP contribution < -0.4 is 14.8 Å². The molecule has 172 valence electrons. The Morgan fingerprint density at radius 1 is 1.31 bits per heavy atom. The predicted molar refractivity (Wildman–Crippen MR) is 122 cm³/mol. The first-order valence-electron chi connectivity index (χ1n) is 10.4. The smallest absolute Gasteiger partial charge is 0.265 e. The Morgan fingerprint density at radius 3 is 2.69 bits per heavy atom. The van der Waals surface area contributed by atoms with Crippen LogP contribution >= 0.6 is 11.3 Å². The van der Waals surface area contributed by atoms with E-state index in [-0.39, 0.29) is 30.0 Å². The van der Waals surface area contributed by atoms with E-state index in [2.05, 4.69) is 5.32 Å². The molecule has 1 N–H and O–H groups in total. The minimum atomic E-state index is -3.41. The minimum absolute atomic E-state index is 0.0271. The quantitative estimate of drug-likeness (QED) is 0.594. The van der Waals surface area contributed by atoms with Crippen molar-refractivity contribution < 1.29 is 27.5 Å².